The molecule has 0 atom stereocenters. The van der Waals surface area contributed by atoms with Crippen LogP contribution < -0.4 is 10.6 Å². The molecule has 1 aromatic heterocycles. The van der Waals surface area contributed by atoms with Gasteiger partial charge in [-0.3, -0.25) is 4.79 Å². The molecule has 6 heteroatoms. The van der Waals surface area contributed by atoms with Crippen molar-refractivity contribution in [3.8, 4) is 0 Å². The first-order chi connectivity index (χ1) is 7.15. The summed E-state index contributed by atoms with van der Waals surface area (Å²) in [4.78, 5) is 21.5. The van der Waals surface area contributed by atoms with Crippen molar-refractivity contribution in [3.05, 3.63) is 23.7 Å². The zero-order valence-corrected chi connectivity index (χ0v) is 8.24. The van der Waals surface area contributed by atoms with Gasteiger partial charge in [0, 0.05) is 19.2 Å². The van der Waals surface area contributed by atoms with Crippen LogP contribution in [0, 0.1) is 0 Å². The Morgan fingerprint density at radius 3 is 2.87 bits per heavy atom. The molecule has 0 fully saturated rings. The van der Waals surface area contributed by atoms with E-state index in [-0.39, 0.29) is 24.8 Å². The van der Waals surface area contributed by atoms with Gasteiger partial charge < -0.3 is 20.2 Å². The zero-order chi connectivity index (χ0) is 11.3. The summed E-state index contributed by atoms with van der Waals surface area (Å²) in [6.45, 7) is 0.423. The molecule has 82 valence electrons. The number of likely N-dealkylation sites (N-methyl/N-ethyl adjacent to an activating group) is 1. The van der Waals surface area contributed by atoms with Crippen molar-refractivity contribution in [2.45, 2.75) is 6.54 Å². The van der Waals surface area contributed by atoms with E-state index in [0.717, 1.165) is 0 Å². The summed E-state index contributed by atoms with van der Waals surface area (Å²) >= 11 is 0. The van der Waals surface area contributed by atoms with Crippen LogP contribution in [0.25, 0.3) is 0 Å². The molecule has 1 aromatic rings. The predicted octanol–water partition coefficient (Wildman–Crippen LogP) is -0.187. The van der Waals surface area contributed by atoms with Gasteiger partial charge in [-0.2, -0.15) is 0 Å². The Bertz CT molecular complexity index is 359. The second-order valence-corrected chi connectivity index (χ2v) is 2.86. The monoisotopic (exact) mass is 212 g/mol. The van der Waals surface area contributed by atoms with Crippen molar-refractivity contribution in [1.29, 1.82) is 0 Å². The predicted molar refractivity (Wildman–Crippen MR) is 51.4 cm³/mol. The molecule has 0 aliphatic heterocycles. The molecule has 0 spiro atoms. The van der Waals surface area contributed by atoms with Crippen molar-refractivity contribution in [3.63, 3.8) is 0 Å². The highest BCUT2D eigenvalue weighted by Gasteiger charge is 2.13. The lowest BCUT2D eigenvalue weighted by atomic mass is 10.2. The molecule has 0 saturated heterocycles. The highest BCUT2D eigenvalue weighted by molar-refractivity contribution is 5.86. The van der Waals surface area contributed by atoms with Gasteiger partial charge in [0.1, 0.15) is 0 Å². The Balaban J connectivity index is 2.47. The van der Waals surface area contributed by atoms with Gasteiger partial charge in [-0.25, -0.2) is 4.79 Å². The van der Waals surface area contributed by atoms with E-state index < -0.39 is 5.97 Å². The number of carbonyl (C=O) groups excluding carboxylic acids is 1. The van der Waals surface area contributed by atoms with Gasteiger partial charge in [0.25, 0.3) is 0 Å². The van der Waals surface area contributed by atoms with Crippen LogP contribution in [0.4, 0.5) is 0 Å². The van der Waals surface area contributed by atoms with E-state index >= 15 is 0 Å². The Morgan fingerprint density at radius 2 is 2.27 bits per heavy atom. The molecule has 6 nitrogen and oxygen atoms in total. The maximum atomic E-state index is 10.8. The molecule has 0 aromatic carbocycles. The molecule has 0 aliphatic carbocycles. The van der Waals surface area contributed by atoms with Gasteiger partial charge in [-0.1, -0.05) is 0 Å². The lowest BCUT2D eigenvalue weighted by molar-refractivity contribution is -0.119. The fourth-order valence-corrected chi connectivity index (χ4v) is 1.06. The zero-order valence-electron chi connectivity index (χ0n) is 8.24. The summed E-state index contributed by atoms with van der Waals surface area (Å²) in [5.41, 5.74) is 0.520. The first-order valence-corrected chi connectivity index (χ1v) is 4.36. The van der Waals surface area contributed by atoms with Crippen LogP contribution in [0.1, 0.15) is 16.1 Å². The number of furan rings is 1. The molecule has 0 bridgehead atoms. The Labute approximate surface area is 86.3 Å². The fraction of sp³-hybridized carbons (Fsp3) is 0.333. The second-order valence-electron chi connectivity index (χ2n) is 2.86. The van der Waals surface area contributed by atoms with Gasteiger partial charge in [0.15, 0.2) is 0 Å². The second kappa shape index (κ2) is 5.16. The molecule has 0 radical (unpaired) electrons. The molecular weight excluding hydrogens is 200 g/mol. The number of amides is 1. The number of aromatic carboxylic acids is 1. The Kier molecular flexibility index (Phi) is 3.87. The number of hydrogen-bond donors (Lipinski definition) is 3. The van der Waals surface area contributed by atoms with Crippen molar-refractivity contribution in [1.82, 2.24) is 10.6 Å². The third-order valence-corrected chi connectivity index (χ3v) is 1.82. The molecule has 0 saturated carbocycles. The van der Waals surface area contributed by atoms with Crippen LogP contribution in [0.15, 0.2) is 16.7 Å². The minimum Gasteiger partial charge on any atom is -0.475 e. The molecule has 1 heterocycles. The standard InChI is InChI=1S/C9H12N2O4/c1-10-7(12)5-11-4-6-2-3-15-8(6)9(13)14/h2-3,11H,4-5H2,1H3,(H,10,12)(H,13,14). The van der Waals surface area contributed by atoms with Gasteiger partial charge in [-0.15, -0.1) is 0 Å². The van der Waals surface area contributed by atoms with E-state index in [1.807, 2.05) is 0 Å². The van der Waals surface area contributed by atoms with Crippen molar-refractivity contribution in [2.75, 3.05) is 13.6 Å². The van der Waals surface area contributed by atoms with E-state index in [0.29, 0.717) is 5.56 Å². The molecular formula is C9H12N2O4. The van der Waals surface area contributed by atoms with E-state index in [2.05, 4.69) is 10.6 Å². The molecule has 0 unspecified atom stereocenters. The van der Waals surface area contributed by atoms with Crippen LogP contribution in [0.3, 0.4) is 0 Å². The highest BCUT2D eigenvalue weighted by Crippen LogP contribution is 2.09. The van der Waals surface area contributed by atoms with Crippen LogP contribution in [0.2, 0.25) is 0 Å². The first kappa shape index (κ1) is 11.3. The third kappa shape index (κ3) is 3.10. The number of carbonyl (C=O) groups is 2. The molecule has 3 N–H and O–H groups in total. The van der Waals surface area contributed by atoms with Crippen LogP contribution in [-0.4, -0.2) is 30.6 Å². The maximum absolute atomic E-state index is 10.8. The molecule has 15 heavy (non-hydrogen) atoms. The van der Waals surface area contributed by atoms with Crippen molar-refractivity contribution < 1.29 is 19.1 Å². The lowest BCUT2D eigenvalue weighted by Crippen LogP contribution is -2.31. The van der Waals surface area contributed by atoms with E-state index in [1.54, 1.807) is 6.07 Å². The summed E-state index contributed by atoms with van der Waals surface area (Å²) in [6, 6.07) is 1.56. The van der Waals surface area contributed by atoms with Gasteiger partial charge >= 0.3 is 5.97 Å². The van der Waals surface area contributed by atoms with Crippen LogP contribution in [-0.2, 0) is 11.3 Å². The third-order valence-electron chi connectivity index (χ3n) is 1.82. The van der Waals surface area contributed by atoms with Crippen molar-refractivity contribution >= 4 is 11.9 Å². The lowest BCUT2D eigenvalue weighted by Gasteiger charge is -2.02. The first-order valence-electron chi connectivity index (χ1n) is 4.36. The van der Waals surface area contributed by atoms with E-state index in [1.165, 1.54) is 13.3 Å². The smallest absolute Gasteiger partial charge is 0.372 e. The molecule has 0 aliphatic rings. The number of nitrogens with one attached hydrogen (secondary N) is 2. The van der Waals surface area contributed by atoms with Gasteiger partial charge in [-0.05, 0) is 6.07 Å². The highest BCUT2D eigenvalue weighted by atomic mass is 16.4. The minimum absolute atomic E-state index is 0.0978. The van der Waals surface area contributed by atoms with Gasteiger partial charge in [0.05, 0.1) is 12.8 Å². The number of hydrogen-bond acceptors (Lipinski definition) is 4. The number of carboxylic acid groups (broad SMARTS) is 1. The normalized spacial score (nSPS) is 9.93. The largest absolute Gasteiger partial charge is 0.475 e. The van der Waals surface area contributed by atoms with E-state index in [9.17, 15) is 9.59 Å². The topological polar surface area (TPSA) is 91.6 Å². The SMILES string of the molecule is CNC(=O)CNCc1ccoc1C(=O)O. The van der Waals surface area contributed by atoms with Gasteiger partial charge in [0.2, 0.25) is 11.7 Å². The number of carboxylic acids is 1. The van der Waals surface area contributed by atoms with Crippen LogP contribution >= 0.6 is 0 Å². The summed E-state index contributed by atoms with van der Waals surface area (Å²) in [6.07, 6.45) is 1.31. The van der Waals surface area contributed by atoms with E-state index in [4.69, 9.17) is 9.52 Å². The van der Waals surface area contributed by atoms with Crippen molar-refractivity contribution in [2.24, 2.45) is 0 Å². The number of rotatable bonds is 5. The quantitative estimate of drug-likeness (QED) is 0.629. The summed E-state index contributed by atoms with van der Waals surface area (Å²) < 4.78 is 4.77. The molecule has 1 rings (SSSR count). The average Bonchev–Trinajstić information content (AvgIpc) is 2.65. The minimum atomic E-state index is -1.11. The summed E-state index contributed by atoms with van der Waals surface area (Å²) in [7, 11) is 1.53. The fourth-order valence-electron chi connectivity index (χ4n) is 1.06. The Hall–Kier alpha value is -1.82. The summed E-state index contributed by atoms with van der Waals surface area (Å²) in [5.74, 6) is -1.37. The maximum Gasteiger partial charge on any atom is 0.372 e. The summed E-state index contributed by atoms with van der Waals surface area (Å²) in [5, 5.41) is 13.9. The Morgan fingerprint density at radius 1 is 1.53 bits per heavy atom. The average molecular weight is 212 g/mol. The van der Waals surface area contributed by atoms with Crippen LogP contribution in [0.5, 0.6) is 0 Å². The molecule has 1 amide bonds.